The van der Waals surface area contributed by atoms with Crippen LogP contribution in [0.2, 0.25) is 0 Å². The van der Waals surface area contributed by atoms with Gasteiger partial charge in [-0.2, -0.15) is 0 Å². The first-order valence-corrected chi connectivity index (χ1v) is 10.00. The average molecular weight is 394 g/mol. The van der Waals surface area contributed by atoms with Crippen molar-refractivity contribution < 1.29 is 23.1 Å². The topological polar surface area (TPSA) is 58.6 Å². The lowest BCUT2D eigenvalue weighted by Crippen LogP contribution is -2.57. The molecule has 1 aliphatic heterocycles. The van der Waals surface area contributed by atoms with Crippen molar-refractivity contribution in [3.63, 3.8) is 0 Å². The van der Waals surface area contributed by atoms with Crippen LogP contribution in [0.4, 0.5) is 8.78 Å². The molecule has 1 saturated heterocycles. The van der Waals surface area contributed by atoms with Crippen molar-refractivity contribution in [1.82, 2.24) is 10.2 Å². The van der Waals surface area contributed by atoms with Crippen LogP contribution in [0.25, 0.3) is 0 Å². The minimum absolute atomic E-state index is 0.0436. The number of carbonyl (C=O) groups excluding carboxylic acids is 2. The summed E-state index contributed by atoms with van der Waals surface area (Å²) >= 11 is 0. The summed E-state index contributed by atoms with van der Waals surface area (Å²) < 4.78 is 33.5. The maximum Gasteiger partial charge on any atom is 0.257 e. The van der Waals surface area contributed by atoms with E-state index in [-0.39, 0.29) is 24.1 Å². The predicted octanol–water partition coefficient (Wildman–Crippen LogP) is 3.63. The first-order chi connectivity index (χ1) is 13.3. The van der Waals surface area contributed by atoms with Gasteiger partial charge in [-0.3, -0.25) is 14.5 Å². The Morgan fingerprint density at radius 1 is 1.32 bits per heavy atom. The number of carbonyl (C=O) groups is 2. The van der Waals surface area contributed by atoms with Gasteiger partial charge in [-0.25, -0.2) is 8.78 Å². The van der Waals surface area contributed by atoms with Gasteiger partial charge in [-0.05, 0) is 50.7 Å². The largest absolute Gasteiger partial charge is 0.353 e. The Kier molecular flexibility index (Phi) is 6.03. The Morgan fingerprint density at radius 3 is 2.61 bits per heavy atom. The van der Waals surface area contributed by atoms with E-state index in [0.29, 0.717) is 18.8 Å². The molecule has 7 heteroatoms. The van der Waals surface area contributed by atoms with Gasteiger partial charge in [-0.15, -0.1) is 0 Å². The number of amides is 2. The molecule has 1 aliphatic carbocycles. The van der Waals surface area contributed by atoms with Gasteiger partial charge in [0.2, 0.25) is 5.91 Å². The van der Waals surface area contributed by atoms with Crippen molar-refractivity contribution in [3.05, 3.63) is 35.4 Å². The van der Waals surface area contributed by atoms with Crippen LogP contribution in [-0.4, -0.2) is 41.1 Å². The van der Waals surface area contributed by atoms with E-state index in [1.807, 2.05) is 13.8 Å². The third-order valence-corrected chi connectivity index (χ3v) is 5.82. The van der Waals surface area contributed by atoms with Crippen LogP contribution in [-0.2, 0) is 9.53 Å². The Hall–Kier alpha value is -2.02. The molecule has 5 nitrogen and oxygen atoms in total. The van der Waals surface area contributed by atoms with Crippen LogP contribution < -0.4 is 5.32 Å². The quantitative estimate of drug-likeness (QED) is 0.849. The van der Waals surface area contributed by atoms with Gasteiger partial charge in [0.25, 0.3) is 5.91 Å². The smallest absolute Gasteiger partial charge is 0.257 e. The van der Waals surface area contributed by atoms with E-state index in [1.54, 1.807) is 0 Å². The van der Waals surface area contributed by atoms with Crippen molar-refractivity contribution >= 4 is 11.8 Å². The predicted molar refractivity (Wildman–Crippen MR) is 101 cm³/mol. The van der Waals surface area contributed by atoms with Gasteiger partial charge in [0.05, 0.1) is 6.61 Å². The molecule has 4 atom stereocenters. The number of benzene rings is 1. The monoisotopic (exact) mass is 394 g/mol. The molecule has 28 heavy (non-hydrogen) atoms. The molecule has 154 valence electrons. The molecule has 1 heterocycles. The fourth-order valence-electron chi connectivity index (χ4n) is 4.26. The van der Waals surface area contributed by atoms with Crippen molar-refractivity contribution in [2.75, 3.05) is 6.61 Å². The maximum absolute atomic E-state index is 13.7. The molecular formula is C21H28F2N2O3. The molecule has 0 unspecified atom stereocenters. The van der Waals surface area contributed by atoms with Gasteiger partial charge in [-0.1, -0.05) is 20.3 Å². The highest BCUT2D eigenvalue weighted by molar-refractivity contribution is 5.98. The lowest BCUT2D eigenvalue weighted by molar-refractivity contribution is -0.129. The summed E-state index contributed by atoms with van der Waals surface area (Å²) in [4.78, 5) is 27.6. The van der Waals surface area contributed by atoms with Crippen LogP contribution in [0.5, 0.6) is 0 Å². The van der Waals surface area contributed by atoms with E-state index in [4.69, 9.17) is 4.74 Å². The maximum atomic E-state index is 13.7. The SMILES string of the molecule is CC[C@H](C)NC(=O)[C@H]1CO[C@]2(CCC[C@H](C)C2)N1C(=O)c1cc(F)cc(F)c1. The zero-order chi connectivity index (χ0) is 20.5. The Balaban J connectivity index is 1.97. The van der Waals surface area contributed by atoms with Crippen LogP contribution >= 0.6 is 0 Å². The van der Waals surface area contributed by atoms with E-state index >= 15 is 0 Å². The molecule has 1 saturated carbocycles. The van der Waals surface area contributed by atoms with Crippen LogP contribution in [0, 0.1) is 17.6 Å². The minimum atomic E-state index is -0.908. The first kappa shape index (κ1) is 20.7. The highest BCUT2D eigenvalue weighted by atomic mass is 19.1. The van der Waals surface area contributed by atoms with Crippen molar-refractivity contribution in [2.45, 2.75) is 70.7 Å². The molecule has 0 radical (unpaired) electrons. The number of nitrogens with one attached hydrogen (secondary N) is 1. The van der Waals surface area contributed by atoms with E-state index in [9.17, 15) is 18.4 Å². The van der Waals surface area contributed by atoms with E-state index in [0.717, 1.165) is 37.5 Å². The van der Waals surface area contributed by atoms with Crippen molar-refractivity contribution in [3.8, 4) is 0 Å². The zero-order valence-corrected chi connectivity index (χ0v) is 16.6. The Bertz CT molecular complexity index is 737. The normalized spacial score (nSPS) is 28.4. The molecule has 2 aliphatic rings. The lowest BCUT2D eigenvalue weighted by Gasteiger charge is -2.43. The molecule has 0 bridgehead atoms. The summed E-state index contributed by atoms with van der Waals surface area (Å²) in [6.07, 6.45) is 3.84. The van der Waals surface area contributed by atoms with Crippen LogP contribution in [0.1, 0.15) is 63.2 Å². The Morgan fingerprint density at radius 2 is 2.00 bits per heavy atom. The van der Waals surface area contributed by atoms with Gasteiger partial charge in [0, 0.05) is 17.7 Å². The number of hydrogen-bond acceptors (Lipinski definition) is 3. The molecule has 1 aromatic carbocycles. The third kappa shape index (κ3) is 4.04. The Labute approximate surface area is 164 Å². The fourth-order valence-corrected chi connectivity index (χ4v) is 4.26. The van der Waals surface area contributed by atoms with E-state index < -0.39 is 29.3 Å². The highest BCUT2D eigenvalue weighted by Gasteiger charge is 2.54. The second-order valence-corrected chi connectivity index (χ2v) is 8.13. The molecule has 1 spiro atoms. The standard InChI is InChI=1S/C21H28F2N2O3/c1-4-14(3)24-19(26)18-12-28-21(7-5-6-13(2)11-21)25(18)20(27)15-8-16(22)10-17(23)9-15/h8-10,13-14,18H,4-7,11-12H2,1-3H3,(H,24,26)/t13-,14-,18+,21-/m0/s1. The van der Waals surface area contributed by atoms with E-state index in [2.05, 4.69) is 12.2 Å². The number of hydrogen-bond donors (Lipinski definition) is 1. The zero-order valence-electron chi connectivity index (χ0n) is 16.6. The van der Waals surface area contributed by atoms with Crippen LogP contribution in [0.15, 0.2) is 18.2 Å². The first-order valence-electron chi connectivity index (χ1n) is 10.00. The number of ether oxygens (including phenoxy) is 1. The molecule has 2 amide bonds. The van der Waals surface area contributed by atoms with Crippen molar-refractivity contribution in [1.29, 1.82) is 0 Å². The summed E-state index contributed by atoms with van der Waals surface area (Å²) in [5, 5.41) is 2.90. The second kappa shape index (κ2) is 8.15. The second-order valence-electron chi connectivity index (χ2n) is 8.13. The summed E-state index contributed by atoms with van der Waals surface area (Å²) in [5.41, 5.74) is -1.02. The van der Waals surface area contributed by atoms with Gasteiger partial charge in [0.15, 0.2) is 0 Å². The lowest BCUT2D eigenvalue weighted by atomic mass is 9.83. The molecule has 3 rings (SSSR count). The number of halogens is 2. The average Bonchev–Trinajstić information content (AvgIpc) is 2.98. The summed E-state index contributed by atoms with van der Waals surface area (Å²) in [7, 11) is 0. The summed E-state index contributed by atoms with van der Waals surface area (Å²) in [5.74, 6) is -2.20. The third-order valence-electron chi connectivity index (χ3n) is 5.82. The van der Waals surface area contributed by atoms with Gasteiger partial charge < -0.3 is 10.1 Å². The molecule has 1 aromatic rings. The summed E-state index contributed by atoms with van der Waals surface area (Å²) in [6.45, 7) is 6.01. The number of rotatable bonds is 4. The minimum Gasteiger partial charge on any atom is -0.353 e. The van der Waals surface area contributed by atoms with Crippen molar-refractivity contribution in [2.24, 2.45) is 5.92 Å². The number of nitrogens with zero attached hydrogens (tertiary/aromatic N) is 1. The molecular weight excluding hydrogens is 366 g/mol. The fraction of sp³-hybridized carbons (Fsp3) is 0.619. The van der Waals surface area contributed by atoms with Gasteiger partial charge in [0.1, 0.15) is 23.4 Å². The molecule has 2 fully saturated rings. The van der Waals surface area contributed by atoms with Gasteiger partial charge >= 0.3 is 0 Å². The van der Waals surface area contributed by atoms with E-state index in [1.165, 1.54) is 4.90 Å². The highest BCUT2D eigenvalue weighted by Crippen LogP contribution is 2.43. The van der Waals surface area contributed by atoms with Crippen LogP contribution in [0.3, 0.4) is 0 Å². The summed E-state index contributed by atoms with van der Waals surface area (Å²) in [6, 6.07) is 1.87. The molecule has 1 N–H and O–H groups in total. The molecule has 0 aromatic heterocycles.